The van der Waals surface area contributed by atoms with E-state index in [-0.39, 0.29) is 0 Å². The number of nitrogens with zero attached hydrogens (tertiary/aromatic N) is 1. The molecule has 1 aliphatic heterocycles. The van der Waals surface area contributed by atoms with Gasteiger partial charge in [0.1, 0.15) is 0 Å². The van der Waals surface area contributed by atoms with Crippen LogP contribution in [0.1, 0.15) is 45.4 Å². The average Bonchev–Trinajstić information content (AvgIpc) is 2.58. The molecule has 0 radical (unpaired) electrons. The first-order chi connectivity index (χ1) is 8.65. The summed E-state index contributed by atoms with van der Waals surface area (Å²) in [6.07, 6.45) is 11.4. The molecule has 1 fully saturated rings. The summed E-state index contributed by atoms with van der Waals surface area (Å²) in [4.78, 5) is 2.50. The predicted molar refractivity (Wildman–Crippen MR) is 81.5 cm³/mol. The van der Waals surface area contributed by atoms with Crippen molar-refractivity contribution in [3.05, 3.63) is 48.7 Å². The summed E-state index contributed by atoms with van der Waals surface area (Å²) in [6.45, 7) is 16.4. The zero-order chi connectivity index (χ0) is 13.4. The monoisotopic (exact) mass is 245 g/mol. The van der Waals surface area contributed by atoms with Gasteiger partial charge < -0.3 is 4.90 Å². The molecular formula is C17H27N. The van der Waals surface area contributed by atoms with Crippen LogP contribution in [0.2, 0.25) is 0 Å². The molecule has 0 unspecified atom stereocenters. The number of likely N-dealkylation sites (tertiary alicyclic amines) is 1. The molecule has 0 spiro atoms. The molecule has 1 saturated heterocycles. The molecular weight excluding hydrogens is 218 g/mol. The van der Waals surface area contributed by atoms with E-state index in [0.717, 1.165) is 12.8 Å². The molecule has 0 aromatic heterocycles. The van der Waals surface area contributed by atoms with Gasteiger partial charge in [0.05, 0.1) is 0 Å². The fourth-order valence-corrected chi connectivity index (χ4v) is 2.41. The second-order valence-corrected chi connectivity index (χ2v) is 5.22. The normalized spacial score (nSPS) is 17.2. The summed E-state index contributed by atoms with van der Waals surface area (Å²) in [5, 5.41) is 0. The predicted octanol–water partition coefficient (Wildman–Crippen LogP) is 4.84. The van der Waals surface area contributed by atoms with E-state index in [1.165, 1.54) is 55.6 Å². The van der Waals surface area contributed by atoms with Crippen LogP contribution in [-0.2, 0) is 0 Å². The molecule has 1 aliphatic rings. The molecule has 1 heteroatoms. The Hall–Kier alpha value is -1.24. The molecule has 0 N–H and O–H groups in total. The Bertz CT molecular complexity index is 328. The van der Waals surface area contributed by atoms with Crippen LogP contribution in [0.15, 0.2) is 48.7 Å². The third kappa shape index (κ3) is 4.95. The van der Waals surface area contributed by atoms with Gasteiger partial charge in [-0.2, -0.15) is 0 Å². The lowest BCUT2D eigenvalue weighted by molar-refractivity contribution is 0.363. The molecule has 1 rings (SSSR count). The smallest absolute Gasteiger partial charge is 0.0352 e. The maximum Gasteiger partial charge on any atom is 0.0352 e. The van der Waals surface area contributed by atoms with Gasteiger partial charge in [-0.05, 0) is 38.2 Å². The summed E-state index contributed by atoms with van der Waals surface area (Å²) < 4.78 is 0. The van der Waals surface area contributed by atoms with Crippen molar-refractivity contribution in [2.45, 2.75) is 45.4 Å². The van der Waals surface area contributed by atoms with Gasteiger partial charge in [-0.1, -0.05) is 43.7 Å². The first-order valence-corrected chi connectivity index (χ1v) is 7.03. The SMILES string of the molecule is C=CCC(=C)C/C=C(/C(=C)C)N1CCCCCC1. The van der Waals surface area contributed by atoms with Crippen molar-refractivity contribution in [1.82, 2.24) is 4.90 Å². The summed E-state index contributed by atoms with van der Waals surface area (Å²) in [7, 11) is 0. The van der Waals surface area contributed by atoms with E-state index in [2.05, 4.69) is 37.6 Å². The van der Waals surface area contributed by atoms with Crippen molar-refractivity contribution in [3.8, 4) is 0 Å². The summed E-state index contributed by atoms with van der Waals surface area (Å²) in [6, 6.07) is 0. The Kier molecular flexibility index (Phi) is 6.56. The third-order valence-electron chi connectivity index (χ3n) is 3.40. The minimum Gasteiger partial charge on any atom is -0.372 e. The maximum absolute atomic E-state index is 4.13. The fourth-order valence-electron chi connectivity index (χ4n) is 2.41. The minimum atomic E-state index is 0.903. The standard InChI is InChI=1S/C17H27N/c1-5-10-16(4)11-12-17(15(2)3)18-13-8-6-7-9-14-18/h5,12H,1-2,4,6-11,13-14H2,3H3/b17-12-. The van der Waals surface area contributed by atoms with E-state index < -0.39 is 0 Å². The van der Waals surface area contributed by atoms with Gasteiger partial charge in [0.15, 0.2) is 0 Å². The van der Waals surface area contributed by atoms with Crippen LogP contribution in [0, 0.1) is 0 Å². The van der Waals surface area contributed by atoms with Gasteiger partial charge >= 0.3 is 0 Å². The summed E-state index contributed by atoms with van der Waals surface area (Å²) >= 11 is 0. The first-order valence-electron chi connectivity index (χ1n) is 7.03. The van der Waals surface area contributed by atoms with Crippen molar-refractivity contribution >= 4 is 0 Å². The zero-order valence-electron chi connectivity index (χ0n) is 11.9. The van der Waals surface area contributed by atoms with E-state index in [9.17, 15) is 0 Å². The second-order valence-electron chi connectivity index (χ2n) is 5.22. The summed E-state index contributed by atoms with van der Waals surface area (Å²) in [5.74, 6) is 0. The van der Waals surface area contributed by atoms with Crippen LogP contribution >= 0.6 is 0 Å². The van der Waals surface area contributed by atoms with Gasteiger partial charge in [-0.3, -0.25) is 0 Å². The molecule has 0 bridgehead atoms. The molecule has 0 atom stereocenters. The lowest BCUT2D eigenvalue weighted by atomic mass is 10.1. The van der Waals surface area contributed by atoms with Gasteiger partial charge in [0.2, 0.25) is 0 Å². The van der Waals surface area contributed by atoms with E-state index in [1.54, 1.807) is 0 Å². The van der Waals surface area contributed by atoms with E-state index in [4.69, 9.17) is 0 Å². The van der Waals surface area contributed by atoms with Gasteiger partial charge in [0.25, 0.3) is 0 Å². The van der Waals surface area contributed by atoms with Gasteiger partial charge in [-0.25, -0.2) is 0 Å². The van der Waals surface area contributed by atoms with Gasteiger partial charge in [0, 0.05) is 18.8 Å². The quantitative estimate of drug-likeness (QED) is 0.478. The Morgan fingerprint density at radius 3 is 2.17 bits per heavy atom. The highest BCUT2D eigenvalue weighted by Gasteiger charge is 2.12. The van der Waals surface area contributed by atoms with Crippen molar-refractivity contribution in [2.24, 2.45) is 0 Å². The van der Waals surface area contributed by atoms with E-state index >= 15 is 0 Å². The number of rotatable bonds is 6. The molecule has 1 nitrogen and oxygen atoms in total. The van der Waals surface area contributed by atoms with Crippen LogP contribution in [0.25, 0.3) is 0 Å². The minimum absolute atomic E-state index is 0.903. The van der Waals surface area contributed by atoms with Crippen molar-refractivity contribution in [2.75, 3.05) is 13.1 Å². The van der Waals surface area contributed by atoms with Gasteiger partial charge in [-0.15, -0.1) is 6.58 Å². The average molecular weight is 245 g/mol. The highest BCUT2D eigenvalue weighted by Crippen LogP contribution is 2.21. The molecule has 0 aromatic rings. The van der Waals surface area contributed by atoms with E-state index in [0.29, 0.717) is 0 Å². The number of hydrogen-bond acceptors (Lipinski definition) is 1. The topological polar surface area (TPSA) is 3.24 Å². The zero-order valence-corrected chi connectivity index (χ0v) is 11.9. The van der Waals surface area contributed by atoms with Crippen LogP contribution in [-0.4, -0.2) is 18.0 Å². The van der Waals surface area contributed by atoms with Crippen LogP contribution < -0.4 is 0 Å². The molecule has 0 aromatic carbocycles. The van der Waals surface area contributed by atoms with Crippen molar-refractivity contribution < 1.29 is 0 Å². The fraction of sp³-hybridized carbons (Fsp3) is 0.529. The highest BCUT2D eigenvalue weighted by molar-refractivity contribution is 5.27. The lowest BCUT2D eigenvalue weighted by Gasteiger charge is -2.26. The largest absolute Gasteiger partial charge is 0.372 e. The Morgan fingerprint density at radius 1 is 1.06 bits per heavy atom. The second kappa shape index (κ2) is 7.97. The van der Waals surface area contributed by atoms with Crippen LogP contribution in [0.3, 0.4) is 0 Å². The van der Waals surface area contributed by atoms with E-state index in [1.807, 2.05) is 6.08 Å². The number of hydrogen-bond donors (Lipinski definition) is 0. The molecule has 1 heterocycles. The van der Waals surface area contributed by atoms with Crippen LogP contribution in [0.4, 0.5) is 0 Å². The lowest BCUT2D eigenvalue weighted by Crippen LogP contribution is -2.24. The maximum atomic E-state index is 4.13. The van der Waals surface area contributed by atoms with Crippen molar-refractivity contribution in [3.63, 3.8) is 0 Å². The van der Waals surface area contributed by atoms with Crippen molar-refractivity contribution in [1.29, 1.82) is 0 Å². The highest BCUT2D eigenvalue weighted by atomic mass is 15.1. The molecule has 0 saturated carbocycles. The summed E-state index contributed by atoms with van der Waals surface area (Å²) in [5.41, 5.74) is 3.71. The number of allylic oxidation sites excluding steroid dienone is 4. The molecule has 0 amide bonds. The Morgan fingerprint density at radius 2 is 1.67 bits per heavy atom. The molecule has 18 heavy (non-hydrogen) atoms. The molecule has 100 valence electrons. The first kappa shape index (κ1) is 14.8. The Labute approximate surface area is 113 Å². The third-order valence-corrected chi connectivity index (χ3v) is 3.40. The Balaban J connectivity index is 2.68. The molecule has 0 aliphatic carbocycles. The van der Waals surface area contributed by atoms with Crippen LogP contribution in [0.5, 0.6) is 0 Å².